The van der Waals surface area contributed by atoms with E-state index in [2.05, 4.69) is 10.9 Å². The molecule has 62 valence electrons. The highest BCUT2D eigenvalue weighted by Crippen LogP contribution is 2.09. The van der Waals surface area contributed by atoms with Gasteiger partial charge in [0, 0.05) is 0 Å². The molecule has 0 N–H and O–H groups in total. The molecule has 0 fully saturated rings. The lowest BCUT2D eigenvalue weighted by molar-refractivity contribution is 0.368. The number of terminal acetylenes is 1. The Morgan fingerprint density at radius 1 is 1.58 bits per heavy atom. The number of pyridine rings is 1. The maximum atomic E-state index is 5.55. The van der Waals surface area contributed by atoms with Gasteiger partial charge in [0.2, 0.25) is 0 Å². The van der Waals surface area contributed by atoms with Crippen molar-refractivity contribution in [3.63, 3.8) is 0 Å². The summed E-state index contributed by atoms with van der Waals surface area (Å²) in [6.07, 6.45) is 6.62. The van der Waals surface area contributed by atoms with Crippen LogP contribution in [0.5, 0.6) is 5.75 Å². The summed E-state index contributed by atoms with van der Waals surface area (Å²) >= 11 is 5.55. The topological polar surface area (TPSA) is 22.1 Å². The average Bonchev–Trinajstić information content (AvgIpc) is 2.15. The minimum absolute atomic E-state index is 0.266. The number of alkyl halides is 1. The number of halogens is 1. The van der Waals surface area contributed by atoms with Crippen LogP contribution in [0.2, 0.25) is 0 Å². The average molecular weight is 182 g/mol. The Bertz CT molecular complexity index is 276. The third-order valence-electron chi connectivity index (χ3n) is 1.26. The van der Waals surface area contributed by atoms with Gasteiger partial charge in [-0.25, -0.2) is 0 Å². The summed E-state index contributed by atoms with van der Waals surface area (Å²) in [7, 11) is 0. The van der Waals surface area contributed by atoms with Gasteiger partial charge in [0.1, 0.15) is 12.4 Å². The quantitative estimate of drug-likeness (QED) is 0.525. The monoisotopic (exact) mass is 181 g/mol. The van der Waals surface area contributed by atoms with Gasteiger partial charge in [0.25, 0.3) is 0 Å². The second-order valence-electron chi connectivity index (χ2n) is 2.11. The van der Waals surface area contributed by atoms with Crippen molar-refractivity contribution in [2.24, 2.45) is 0 Å². The van der Waals surface area contributed by atoms with Crippen molar-refractivity contribution >= 4 is 11.6 Å². The van der Waals surface area contributed by atoms with E-state index in [1.807, 2.05) is 0 Å². The maximum absolute atomic E-state index is 5.55. The second kappa shape index (κ2) is 4.63. The lowest BCUT2D eigenvalue weighted by atomic mass is 10.4. The highest BCUT2D eigenvalue weighted by molar-refractivity contribution is 6.16. The Morgan fingerprint density at radius 3 is 2.92 bits per heavy atom. The van der Waals surface area contributed by atoms with Crippen molar-refractivity contribution in [3.8, 4) is 18.1 Å². The Morgan fingerprint density at radius 2 is 2.42 bits per heavy atom. The molecule has 1 heterocycles. The van der Waals surface area contributed by atoms with Crippen LogP contribution in [0.3, 0.4) is 0 Å². The number of aromatic nitrogens is 1. The molecule has 0 saturated heterocycles. The molecule has 12 heavy (non-hydrogen) atoms. The number of rotatable bonds is 3. The molecular formula is C9H8ClNO. The van der Waals surface area contributed by atoms with E-state index in [1.165, 1.54) is 0 Å². The molecule has 0 aliphatic carbocycles. The zero-order chi connectivity index (χ0) is 8.81. The molecule has 0 spiro atoms. The van der Waals surface area contributed by atoms with Crippen LogP contribution in [0.1, 0.15) is 5.69 Å². The molecule has 0 unspecified atom stereocenters. The minimum atomic E-state index is 0.266. The predicted molar refractivity (Wildman–Crippen MR) is 48.1 cm³/mol. The van der Waals surface area contributed by atoms with Crippen molar-refractivity contribution in [2.45, 2.75) is 5.88 Å². The van der Waals surface area contributed by atoms with Crippen LogP contribution in [-0.4, -0.2) is 11.6 Å². The Kier molecular flexibility index (Phi) is 3.43. The SMILES string of the molecule is C#CCOc1ccc(CCl)nc1. The van der Waals surface area contributed by atoms with Crippen LogP contribution in [0, 0.1) is 12.3 Å². The Hall–Kier alpha value is -1.20. The summed E-state index contributed by atoms with van der Waals surface area (Å²) < 4.78 is 5.11. The number of hydrogen-bond acceptors (Lipinski definition) is 2. The molecule has 3 heteroatoms. The predicted octanol–water partition coefficient (Wildman–Crippen LogP) is 1.83. The van der Waals surface area contributed by atoms with E-state index in [1.54, 1.807) is 18.3 Å². The third-order valence-corrected chi connectivity index (χ3v) is 1.53. The molecule has 0 bridgehead atoms. The van der Waals surface area contributed by atoms with Gasteiger partial charge in [-0.3, -0.25) is 4.98 Å². The van der Waals surface area contributed by atoms with Crippen molar-refractivity contribution in [1.82, 2.24) is 4.98 Å². The molecule has 0 amide bonds. The summed E-state index contributed by atoms with van der Waals surface area (Å²) in [6, 6.07) is 3.60. The molecule has 2 nitrogen and oxygen atoms in total. The first-order valence-electron chi connectivity index (χ1n) is 3.44. The molecule has 0 atom stereocenters. The van der Waals surface area contributed by atoms with Gasteiger partial charge in [0.05, 0.1) is 17.8 Å². The second-order valence-corrected chi connectivity index (χ2v) is 2.38. The Labute approximate surface area is 76.5 Å². The summed E-state index contributed by atoms with van der Waals surface area (Å²) in [6.45, 7) is 0.266. The standard InChI is InChI=1S/C9H8ClNO/c1-2-5-12-9-4-3-8(6-10)11-7-9/h1,3-4,7H,5-6H2. The molecule has 0 aromatic carbocycles. The molecule has 1 aromatic heterocycles. The first kappa shape index (κ1) is 8.89. The van der Waals surface area contributed by atoms with Gasteiger partial charge in [-0.05, 0) is 12.1 Å². The Balaban J connectivity index is 2.60. The molecule has 0 radical (unpaired) electrons. The lowest BCUT2D eigenvalue weighted by Crippen LogP contribution is -1.94. The van der Waals surface area contributed by atoms with E-state index in [-0.39, 0.29) is 6.61 Å². The normalized spacial score (nSPS) is 9.00. The fourth-order valence-corrected chi connectivity index (χ4v) is 0.858. The van der Waals surface area contributed by atoms with E-state index in [4.69, 9.17) is 22.8 Å². The smallest absolute Gasteiger partial charge is 0.148 e. The van der Waals surface area contributed by atoms with Gasteiger partial charge in [-0.1, -0.05) is 5.92 Å². The first-order valence-corrected chi connectivity index (χ1v) is 3.97. The maximum Gasteiger partial charge on any atom is 0.148 e. The van der Waals surface area contributed by atoms with Crippen LogP contribution >= 0.6 is 11.6 Å². The molecule has 0 saturated carbocycles. The van der Waals surface area contributed by atoms with Gasteiger partial charge in [0.15, 0.2) is 0 Å². The van der Waals surface area contributed by atoms with Gasteiger partial charge in [-0.2, -0.15) is 0 Å². The van der Waals surface area contributed by atoms with Crippen LogP contribution in [0.25, 0.3) is 0 Å². The van der Waals surface area contributed by atoms with E-state index < -0.39 is 0 Å². The van der Waals surface area contributed by atoms with Crippen LogP contribution < -0.4 is 4.74 Å². The highest BCUT2D eigenvalue weighted by atomic mass is 35.5. The zero-order valence-electron chi connectivity index (χ0n) is 6.46. The van der Waals surface area contributed by atoms with Crippen LogP contribution in [0.4, 0.5) is 0 Å². The molecule has 0 aliphatic rings. The summed E-state index contributed by atoms with van der Waals surface area (Å²) in [5.41, 5.74) is 0.824. The molecule has 0 aliphatic heterocycles. The number of ether oxygens (including phenoxy) is 1. The largest absolute Gasteiger partial charge is 0.479 e. The summed E-state index contributed by atoms with van der Waals surface area (Å²) in [5, 5.41) is 0. The summed E-state index contributed by atoms with van der Waals surface area (Å²) in [4.78, 5) is 4.02. The fraction of sp³-hybridized carbons (Fsp3) is 0.222. The van der Waals surface area contributed by atoms with Crippen molar-refractivity contribution in [1.29, 1.82) is 0 Å². The minimum Gasteiger partial charge on any atom is -0.479 e. The van der Waals surface area contributed by atoms with E-state index in [0.717, 1.165) is 5.69 Å². The van der Waals surface area contributed by atoms with Crippen LogP contribution in [0.15, 0.2) is 18.3 Å². The number of nitrogens with zero attached hydrogens (tertiary/aromatic N) is 1. The van der Waals surface area contributed by atoms with Crippen molar-refractivity contribution in [3.05, 3.63) is 24.0 Å². The van der Waals surface area contributed by atoms with Crippen LogP contribution in [-0.2, 0) is 5.88 Å². The molecule has 1 aromatic rings. The lowest BCUT2D eigenvalue weighted by Gasteiger charge is -2.00. The number of hydrogen-bond donors (Lipinski definition) is 0. The van der Waals surface area contributed by atoms with Crippen molar-refractivity contribution < 1.29 is 4.74 Å². The summed E-state index contributed by atoms with van der Waals surface area (Å²) in [5.74, 6) is 3.45. The van der Waals surface area contributed by atoms with Crippen molar-refractivity contribution in [2.75, 3.05) is 6.61 Å². The van der Waals surface area contributed by atoms with Gasteiger partial charge in [-0.15, -0.1) is 18.0 Å². The first-order chi connectivity index (χ1) is 5.86. The zero-order valence-corrected chi connectivity index (χ0v) is 7.21. The van der Waals surface area contributed by atoms with E-state index in [9.17, 15) is 0 Å². The van der Waals surface area contributed by atoms with Gasteiger partial charge >= 0.3 is 0 Å². The van der Waals surface area contributed by atoms with E-state index in [0.29, 0.717) is 11.6 Å². The molecule has 1 rings (SSSR count). The molecular weight excluding hydrogens is 174 g/mol. The third kappa shape index (κ3) is 2.44. The fourth-order valence-electron chi connectivity index (χ4n) is 0.700. The van der Waals surface area contributed by atoms with E-state index >= 15 is 0 Å². The van der Waals surface area contributed by atoms with Gasteiger partial charge < -0.3 is 4.74 Å². The highest BCUT2D eigenvalue weighted by Gasteiger charge is 1.93.